The molecule has 0 saturated carbocycles. The highest BCUT2D eigenvalue weighted by Crippen LogP contribution is 2.30. The van der Waals surface area contributed by atoms with Crippen LogP contribution in [-0.2, 0) is 4.84 Å². The first kappa shape index (κ1) is 21.9. The molecule has 0 aromatic heterocycles. The lowest BCUT2D eigenvalue weighted by molar-refractivity contribution is -0.0149. The molecule has 0 spiro atoms. The number of nitrogens with one attached hydrogen (secondary N) is 2. The van der Waals surface area contributed by atoms with Gasteiger partial charge in [-0.2, -0.15) is 0 Å². The average Bonchev–Trinajstić information content (AvgIpc) is 2.59. The number of hydrogen-bond acceptors (Lipinski definition) is 4. The van der Waals surface area contributed by atoms with Gasteiger partial charge in [-0.15, -0.1) is 0 Å². The largest absolute Gasteiger partial charge is 0.391 e. The minimum absolute atomic E-state index is 0.00100. The second-order valence-corrected chi connectivity index (χ2v) is 7.76. The Morgan fingerprint density at radius 3 is 2.78 bits per heavy atom. The topological polar surface area (TPSA) is 70.6 Å². The summed E-state index contributed by atoms with van der Waals surface area (Å²) in [7, 11) is 0. The van der Waals surface area contributed by atoms with Gasteiger partial charge in [0.15, 0.2) is 0 Å². The molecule has 0 aliphatic carbocycles. The summed E-state index contributed by atoms with van der Waals surface area (Å²) in [6.07, 6.45) is 0.667. The van der Waals surface area contributed by atoms with E-state index in [-0.39, 0.29) is 22.9 Å². The molecule has 1 unspecified atom stereocenters. The van der Waals surface area contributed by atoms with E-state index in [1.165, 1.54) is 6.07 Å². The second-order valence-electron chi connectivity index (χ2n) is 6.08. The van der Waals surface area contributed by atoms with Crippen molar-refractivity contribution in [2.75, 3.05) is 11.9 Å². The molecule has 0 aliphatic heterocycles. The number of aliphatic hydroxyl groups excluding tert-OH is 1. The van der Waals surface area contributed by atoms with Gasteiger partial charge in [-0.3, -0.25) is 9.63 Å². The number of amides is 1. The molecular weight excluding hydrogens is 486 g/mol. The fraction of sp³-hybridized carbons (Fsp3) is 0.316. The highest BCUT2D eigenvalue weighted by Gasteiger charge is 2.18. The predicted octanol–water partition coefficient (Wildman–Crippen LogP) is 4.96. The number of anilines is 2. The maximum absolute atomic E-state index is 14.5. The Kier molecular flexibility index (Phi) is 8.28. The number of aliphatic hydroxyl groups is 1. The molecule has 146 valence electrons. The monoisotopic (exact) mass is 506 g/mol. The van der Waals surface area contributed by atoms with Gasteiger partial charge in [-0.25, -0.2) is 9.87 Å². The average molecular weight is 507 g/mol. The van der Waals surface area contributed by atoms with Gasteiger partial charge in [-0.1, -0.05) is 24.9 Å². The first-order valence-corrected chi connectivity index (χ1v) is 9.90. The summed E-state index contributed by atoms with van der Waals surface area (Å²) >= 11 is 8.10. The minimum Gasteiger partial charge on any atom is -0.391 e. The van der Waals surface area contributed by atoms with Crippen molar-refractivity contribution in [3.8, 4) is 0 Å². The molecular formula is C19H21ClFIN2O3. The van der Waals surface area contributed by atoms with E-state index in [1.54, 1.807) is 0 Å². The minimum atomic E-state index is -0.682. The lowest BCUT2D eigenvalue weighted by Crippen LogP contribution is -2.29. The fourth-order valence-corrected chi connectivity index (χ4v) is 3.31. The van der Waals surface area contributed by atoms with Gasteiger partial charge in [0.25, 0.3) is 5.91 Å². The Labute approximate surface area is 176 Å². The standard InChI is InChI=1S/C19H21ClFIN2O3/c1-3-4-14(25)10-27-24-19(26)15-8-12(20)9-16(21)18(15)23-17-6-5-13(22)7-11(17)2/h5-9,14,23,25H,3-4,10H2,1-2H3,(H,24,26). The van der Waals surface area contributed by atoms with Crippen molar-refractivity contribution in [1.29, 1.82) is 0 Å². The fourth-order valence-electron chi connectivity index (χ4n) is 2.46. The van der Waals surface area contributed by atoms with Crippen molar-refractivity contribution in [1.82, 2.24) is 5.48 Å². The van der Waals surface area contributed by atoms with Crippen LogP contribution in [-0.4, -0.2) is 23.7 Å². The molecule has 0 saturated heterocycles. The Balaban J connectivity index is 2.21. The van der Waals surface area contributed by atoms with Crippen LogP contribution in [0, 0.1) is 16.3 Å². The van der Waals surface area contributed by atoms with Crippen molar-refractivity contribution in [3.05, 3.63) is 55.9 Å². The van der Waals surface area contributed by atoms with E-state index in [9.17, 15) is 14.3 Å². The van der Waals surface area contributed by atoms with Gasteiger partial charge >= 0.3 is 0 Å². The van der Waals surface area contributed by atoms with Crippen LogP contribution in [0.25, 0.3) is 0 Å². The Morgan fingerprint density at radius 1 is 1.37 bits per heavy atom. The van der Waals surface area contributed by atoms with E-state index >= 15 is 0 Å². The van der Waals surface area contributed by atoms with Crippen LogP contribution in [0.1, 0.15) is 35.7 Å². The van der Waals surface area contributed by atoms with Crippen molar-refractivity contribution in [3.63, 3.8) is 0 Å². The molecule has 5 nitrogen and oxygen atoms in total. The predicted molar refractivity (Wildman–Crippen MR) is 113 cm³/mol. The SMILES string of the molecule is CCCC(O)CONC(=O)c1cc(Cl)cc(F)c1Nc1ccc(I)cc1C. The normalized spacial score (nSPS) is 11.9. The molecule has 8 heteroatoms. The summed E-state index contributed by atoms with van der Waals surface area (Å²) in [5.74, 6) is -1.32. The summed E-state index contributed by atoms with van der Waals surface area (Å²) < 4.78 is 15.6. The molecule has 27 heavy (non-hydrogen) atoms. The van der Waals surface area contributed by atoms with E-state index in [0.29, 0.717) is 12.1 Å². The highest BCUT2D eigenvalue weighted by atomic mass is 127. The highest BCUT2D eigenvalue weighted by molar-refractivity contribution is 14.1. The summed E-state index contributed by atoms with van der Waals surface area (Å²) in [4.78, 5) is 17.5. The van der Waals surface area contributed by atoms with Gasteiger partial charge in [0.1, 0.15) is 12.4 Å². The number of carbonyl (C=O) groups is 1. The lowest BCUT2D eigenvalue weighted by Gasteiger charge is -2.16. The van der Waals surface area contributed by atoms with Crippen molar-refractivity contribution in [2.24, 2.45) is 0 Å². The van der Waals surface area contributed by atoms with Crippen LogP contribution in [0.4, 0.5) is 15.8 Å². The molecule has 2 aromatic carbocycles. The zero-order valence-electron chi connectivity index (χ0n) is 15.0. The van der Waals surface area contributed by atoms with E-state index in [4.69, 9.17) is 16.4 Å². The van der Waals surface area contributed by atoms with Crippen molar-refractivity contribution < 1.29 is 19.1 Å². The summed E-state index contributed by atoms with van der Waals surface area (Å²) in [5.41, 5.74) is 3.80. The summed E-state index contributed by atoms with van der Waals surface area (Å²) in [6, 6.07) is 8.12. The number of halogens is 3. The summed E-state index contributed by atoms with van der Waals surface area (Å²) in [6.45, 7) is 3.76. The summed E-state index contributed by atoms with van der Waals surface area (Å²) in [5, 5.41) is 12.7. The third kappa shape index (κ3) is 6.31. The number of hydrogen-bond donors (Lipinski definition) is 3. The molecule has 1 amide bonds. The third-order valence-corrected chi connectivity index (χ3v) is 4.70. The van der Waals surface area contributed by atoms with Gasteiger partial charge < -0.3 is 10.4 Å². The van der Waals surface area contributed by atoms with Crippen LogP contribution in [0.5, 0.6) is 0 Å². The molecule has 0 radical (unpaired) electrons. The molecule has 0 bridgehead atoms. The second kappa shape index (κ2) is 10.2. The van der Waals surface area contributed by atoms with Crippen molar-refractivity contribution in [2.45, 2.75) is 32.8 Å². The number of rotatable bonds is 8. The Bertz CT molecular complexity index is 820. The number of carbonyl (C=O) groups excluding carboxylic acids is 1. The zero-order valence-corrected chi connectivity index (χ0v) is 17.9. The molecule has 2 aromatic rings. The molecule has 0 aliphatic rings. The third-order valence-electron chi connectivity index (χ3n) is 3.81. The van der Waals surface area contributed by atoms with E-state index in [2.05, 4.69) is 33.4 Å². The number of hydroxylamine groups is 1. The molecule has 0 fully saturated rings. The lowest BCUT2D eigenvalue weighted by atomic mass is 10.1. The Morgan fingerprint density at radius 2 is 2.11 bits per heavy atom. The maximum Gasteiger partial charge on any atom is 0.277 e. The van der Waals surface area contributed by atoms with E-state index in [0.717, 1.165) is 21.6 Å². The maximum atomic E-state index is 14.5. The van der Waals surface area contributed by atoms with Gasteiger partial charge in [0, 0.05) is 14.3 Å². The van der Waals surface area contributed by atoms with Crippen LogP contribution >= 0.6 is 34.2 Å². The van der Waals surface area contributed by atoms with E-state index in [1.807, 2.05) is 32.0 Å². The van der Waals surface area contributed by atoms with Gasteiger partial charge in [-0.05, 0) is 71.8 Å². The smallest absolute Gasteiger partial charge is 0.277 e. The van der Waals surface area contributed by atoms with Crippen LogP contribution < -0.4 is 10.8 Å². The van der Waals surface area contributed by atoms with Crippen molar-refractivity contribution >= 4 is 51.5 Å². The first-order valence-electron chi connectivity index (χ1n) is 8.44. The quantitative estimate of drug-likeness (QED) is 0.350. The zero-order chi connectivity index (χ0) is 20.0. The number of aryl methyl sites for hydroxylation is 1. The van der Waals surface area contributed by atoms with Crippen LogP contribution in [0.2, 0.25) is 5.02 Å². The first-order chi connectivity index (χ1) is 12.8. The molecule has 2 rings (SSSR count). The van der Waals surface area contributed by atoms with E-state index < -0.39 is 17.8 Å². The molecule has 0 heterocycles. The van der Waals surface area contributed by atoms with Crippen LogP contribution in [0.15, 0.2) is 30.3 Å². The van der Waals surface area contributed by atoms with Gasteiger partial charge in [0.2, 0.25) is 0 Å². The molecule has 3 N–H and O–H groups in total. The van der Waals surface area contributed by atoms with Crippen LogP contribution in [0.3, 0.4) is 0 Å². The van der Waals surface area contributed by atoms with Gasteiger partial charge in [0.05, 0.1) is 17.4 Å². The number of benzene rings is 2. The Hall–Kier alpha value is -1.42. The molecule has 1 atom stereocenters.